The molecule has 1 atom stereocenters. The number of nitrogens with zero attached hydrogens (tertiary/aromatic N) is 2. The largest absolute Gasteiger partial charge is 0.329 e. The summed E-state index contributed by atoms with van der Waals surface area (Å²) in [6.07, 6.45) is 4.93. The molecule has 4 heteroatoms. The lowest BCUT2D eigenvalue weighted by atomic mass is 10.0. The van der Waals surface area contributed by atoms with Crippen molar-refractivity contribution in [2.75, 3.05) is 13.1 Å². The zero-order chi connectivity index (χ0) is 11.4. The fraction of sp³-hybridized carbons (Fsp3) is 0.750. The summed E-state index contributed by atoms with van der Waals surface area (Å²) in [6, 6.07) is 0.570. The maximum absolute atomic E-state index is 5.82. The van der Waals surface area contributed by atoms with Crippen LogP contribution in [0.25, 0.3) is 0 Å². The zero-order valence-electron chi connectivity index (χ0n) is 9.98. The van der Waals surface area contributed by atoms with Crippen LogP contribution < -0.4 is 5.73 Å². The second-order valence-corrected chi connectivity index (χ2v) is 5.38. The highest BCUT2D eigenvalue weighted by molar-refractivity contribution is 7.09. The summed E-state index contributed by atoms with van der Waals surface area (Å²) in [4.78, 5) is 7.13. The smallest absolute Gasteiger partial charge is 0.0926 e. The lowest BCUT2D eigenvalue weighted by molar-refractivity contribution is 0.143. The molecule has 1 saturated heterocycles. The minimum absolute atomic E-state index is 0.570. The van der Waals surface area contributed by atoms with Crippen molar-refractivity contribution in [3.8, 4) is 0 Å². The lowest BCUT2D eigenvalue weighted by Gasteiger charge is -2.34. The first-order chi connectivity index (χ1) is 7.83. The minimum atomic E-state index is 0.570. The van der Waals surface area contributed by atoms with Crippen molar-refractivity contribution in [1.82, 2.24) is 9.88 Å². The normalized spacial score (nSPS) is 22.5. The SMILES string of the molecule is CCc1nc(CN2CCCCC2CN)cs1. The van der Waals surface area contributed by atoms with E-state index in [1.54, 1.807) is 11.3 Å². The van der Waals surface area contributed by atoms with Crippen LogP contribution in [-0.4, -0.2) is 29.0 Å². The quantitative estimate of drug-likeness (QED) is 0.874. The van der Waals surface area contributed by atoms with Gasteiger partial charge in [0.25, 0.3) is 0 Å². The number of rotatable bonds is 4. The highest BCUT2D eigenvalue weighted by atomic mass is 32.1. The van der Waals surface area contributed by atoms with E-state index in [1.807, 2.05) is 0 Å². The molecule has 2 heterocycles. The molecule has 1 aromatic rings. The van der Waals surface area contributed by atoms with E-state index in [0.717, 1.165) is 19.5 Å². The van der Waals surface area contributed by atoms with E-state index in [1.165, 1.54) is 36.5 Å². The van der Waals surface area contributed by atoms with Crippen LogP contribution in [0.15, 0.2) is 5.38 Å². The van der Waals surface area contributed by atoms with E-state index in [-0.39, 0.29) is 0 Å². The van der Waals surface area contributed by atoms with E-state index in [0.29, 0.717) is 6.04 Å². The van der Waals surface area contributed by atoms with Gasteiger partial charge in [-0.15, -0.1) is 11.3 Å². The first-order valence-electron chi connectivity index (χ1n) is 6.21. The van der Waals surface area contributed by atoms with Gasteiger partial charge in [-0.25, -0.2) is 4.98 Å². The van der Waals surface area contributed by atoms with Crippen molar-refractivity contribution in [2.45, 2.75) is 45.2 Å². The van der Waals surface area contributed by atoms with Crippen LogP contribution >= 0.6 is 11.3 Å². The average Bonchev–Trinajstić information content (AvgIpc) is 2.77. The predicted octanol–water partition coefficient (Wildman–Crippen LogP) is 2.02. The van der Waals surface area contributed by atoms with E-state index >= 15 is 0 Å². The number of aromatic nitrogens is 1. The van der Waals surface area contributed by atoms with Crippen LogP contribution in [0.3, 0.4) is 0 Å². The van der Waals surface area contributed by atoms with Crippen LogP contribution in [0.2, 0.25) is 0 Å². The molecule has 0 radical (unpaired) electrons. The molecule has 1 fully saturated rings. The number of likely N-dealkylation sites (tertiary alicyclic amines) is 1. The van der Waals surface area contributed by atoms with E-state index in [2.05, 4.69) is 22.2 Å². The summed E-state index contributed by atoms with van der Waals surface area (Å²) in [7, 11) is 0. The molecule has 2 N–H and O–H groups in total. The number of piperidine rings is 1. The molecule has 0 aromatic carbocycles. The number of aryl methyl sites for hydroxylation is 1. The molecule has 0 bridgehead atoms. The van der Waals surface area contributed by atoms with Gasteiger partial charge >= 0.3 is 0 Å². The van der Waals surface area contributed by atoms with Crippen LogP contribution in [-0.2, 0) is 13.0 Å². The summed E-state index contributed by atoms with van der Waals surface area (Å²) in [6.45, 7) is 5.11. The number of thiazole rings is 1. The predicted molar refractivity (Wildman–Crippen MR) is 68.6 cm³/mol. The Morgan fingerprint density at radius 3 is 3.12 bits per heavy atom. The summed E-state index contributed by atoms with van der Waals surface area (Å²) in [5.74, 6) is 0. The second kappa shape index (κ2) is 5.75. The molecule has 0 aliphatic carbocycles. The number of hydrogen-bond donors (Lipinski definition) is 1. The fourth-order valence-corrected chi connectivity index (χ4v) is 3.06. The number of hydrogen-bond acceptors (Lipinski definition) is 4. The van der Waals surface area contributed by atoms with Gasteiger partial charge in [0.15, 0.2) is 0 Å². The Morgan fingerprint density at radius 1 is 1.56 bits per heavy atom. The molecule has 0 spiro atoms. The van der Waals surface area contributed by atoms with Gasteiger partial charge < -0.3 is 5.73 Å². The Bertz CT molecular complexity index is 324. The second-order valence-electron chi connectivity index (χ2n) is 4.44. The van der Waals surface area contributed by atoms with Gasteiger partial charge in [0, 0.05) is 24.5 Å². The van der Waals surface area contributed by atoms with Crippen molar-refractivity contribution >= 4 is 11.3 Å². The van der Waals surface area contributed by atoms with Gasteiger partial charge in [-0.1, -0.05) is 13.3 Å². The molecule has 0 saturated carbocycles. The van der Waals surface area contributed by atoms with Crippen molar-refractivity contribution in [2.24, 2.45) is 5.73 Å². The monoisotopic (exact) mass is 239 g/mol. The van der Waals surface area contributed by atoms with Crippen molar-refractivity contribution < 1.29 is 0 Å². The third-order valence-electron chi connectivity index (χ3n) is 3.29. The van der Waals surface area contributed by atoms with Gasteiger partial charge in [0.05, 0.1) is 10.7 Å². The molecule has 16 heavy (non-hydrogen) atoms. The molecule has 1 aliphatic heterocycles. The Balaban J connectivity index is 1.96. The summed E-state index contributed by atoms with van der Waals surface area (Å²) in [5, 5.41) is 3.44. The van der Waals surface area contributed by atoms with Crippen molar-refractivity contribution in [3.63, 3.8) is 0 Å². The van der Waals surface area contributed by atoms with Crippen molar-refractivity contribution in [3.05, 3.63) is 16.1 Å². The Hall–Kier alpha value is -0.450. The first kappa shape index (κ1) is 12.0. The highest BCUT2D eigenvalue weighted by Crippen LogP contribution is 2.20. The van der Waals surface area contributed by atoms with Gasteiger partial charge in [-0.3, -0.25) is 4.90 Å². The first-order valence-corrected chi connectivity index (χ1v) is 7.08. The Morgan fingerprint density at radius 2 is 2.44 bits per heavy atom. The van der Waals surface area contributed by atoms with Crippen LogP contribution in [0.4, 0.5) is 0 Å². The summed E-state index contributed by atoms with van der Waals surface area (Å²) < 4.78 is 0. The molecule has 1 unspecified atom stereocenters. The zero-order valence-corrected chi connectivity index (χ0v) is 10.8. The molecule has 90 valence electrons. The topological polar surface area (TPSA) is 42.2 Å². The molecule has 1 aromatic heterocycles. The molecule has 0 amide bonds. The Kier molecular flexibility index (Phi) is 4.32. The standard InChI is InChI=1S/C12H21N3S/c1-2-12-14-10(9-16-12)8-15-6-4-3-5-11(15)7-13/h9,11H,2-8,13H2,1H3. The summed E-state index contributed by atoms with van der Waals surface area (Å²) in [5.41, 5.74) is 7.04. The van der Waals surface area contributed by atoms with Gasteiger partial charge in [-0.05, 0) is 25.8 Å². The molecular formula is C12H21N3S. The number of nitrogens with two attached hydrogens (primary N) is 1. The molecular weight excluding hydrogens is 218 g/mol. The average molecular weight is 239 g/mol. The van der Waals surface area contributed by atoms with E-state index in [9.17, 15) is 0 Å². The van der Waals surface area contributed by atoms with Crippen LogP contribution in [0, 0.1) is 0 Å². The Labute approximate surface area is 102 Å². The van der Waals surface area contributed by atoms with E-state index in [4.69, 9.17) is 5.73 Å². The lowest BCUT2D eigenvalue weighted by Crippen LogP contribution is -2.43. The molecule has 3 nitrogen and oxygen atoms in total. The maximum Gasteiger partial charge on any atom is 0.0926 e. The molecule has 1 aliphatic rings. The van der Waals surface area contributed by atoms with Crippen LogP contribution in [0.1, 0.15) is 36.9 Å². The van der Waals surface area contributed by atoms with Gasteiger partial charge in [0.1, 0.15) is 0 Å². The van der Waals surface area contributed by atoms with Gasteiger partial charge in [-0.2, -0.15) is 0 Å². The fourth-order valence-electron chi connectivity index (χ4n) is 2.33. The molecule has 2 rings (SSSR count). The van der Waals surface area contributed by atoms with E-state index < -0.39 is 0 Å². The third kappa shape index (κ3) is 2.81. The van der Waals surface area contributed by atoms with Gasteiger partial charge in [0.2, 0.25) is 0 Å². The minimum Gasteiger partial charge on any atom is -0.329 e. The van der Waals surface area contributed by atoms with Crippen molar-refractivity contribution in [1.29, 1.82) is 0 Å². The summed E-state index contributed by atoms with van der Waals surface area (Å²) >= 11 is 1.78. The highest BCUT2D eigenvalue weighted by Gasteiger charge is 2.21. The third-order valence-corrected chi connectivity index (χ3v) is 4.33. The maximum atomic E-state index is 5.82. The van der Waals surface area contributed by atoms with Crippen LogP contribution in [0.5, 0.6) is 0 Å².